The molecule has 0 saturated carbocycles. The Kier molecular flexibility index (Phi) is 5.00. The van der Waals surface area contributed by atoms with Gasteiger partial charge in [0, 0.05) is 26.1 Å². The molecule has 0 radical (unpaired) electrons. The van der Waals surface area contributed by atoms with Crippen LogP contribution >= 0.6 is 0 Å². The topological polar surface area (TPSA) is 66.5 Å². The molecule has 0 atom stereocenters. The van der Waals surface area contributed by atoms with Crippen LogP contribution < -0.4 is 4.72 Å². The van der Waals surface area contributed by atoms with Gasteiger partial charge in [-0.3, -0.25) is 4.79 Å². The van der Waals surface area contributed by atoms with Gasteiger partial charge in [0.05, 0.1) is 4.90 Å². The van der Waals surface area contributed by atoms with Crippen LogP contribution in [0.2, 0.25) is 0 Å². The molecule has 21 heavy (non-hydrogen) atoms. The van der Waals surface area contributed by atoms with Crippen molar-refractivity contribution >= 4 is 15.9 Å². The molecule has 1 fully saturated rings. The van der Waals surface area contributed by atoms with Crippen molar-refractivity contribution in [1.29, 1.82) is 0 Å². The minimum absolute atomic E-state index is 0.173. The van der Waals surface area contributed by atoms with Crippen LogP contribution in [0.1, 0.15) is 30.4 Å². The summed E-state index contributed by atoms with van der Waals surface area (Å²) in [5.74, 6) is 0.173. The molecular formula is C15H22N2O3S. The molecule has 1 amide bonds. The quantitative estimate of drug-likeness (QED) is 0.812. The molecule has 6 heteroatoms. The summed E-state index contributed by atoms with van der Waals surface area (Å²) in [6.07, 6.45) is 2.16. The van der Waals surface area contributed by atoms with Crippen molar-refractivity contribution in [3.63, 3.8) is 0 Å². The van der Waals surface area contributed by atoms with E-state index in [4.69, 9.17) is 0 Å². The lowest BCUT2D eigenvalue weighted by molar-refractivity contribution is -0.127. The van der Waals surface area contributed by atoms with Gasteiger partial charge in [0.2, 0.25) is 15.9 Å². The zero-order valence-corrected chi connectivity index (χ0v) is 13.4. The molecule has 2 rings (SSSR count). The number of benzene rings is 1. The first kappa shape index (κ1) is 16.0. The van der Waals surface area contributed by atoms with E-state index in [-0.39, 0.29) is 5.91 Å². The highest BCUT2D eigenvalue weighted by Gasteiger charge is 2.20. The minimum atomic E-state index is -3.47. The number of carbonyl (C=O) groups is 1. The van der Waals surface area contributed by atoms with Gasteiger partial charge in [-0.1, -0.05) is 17.7 Å². The number of nitrogens with zero attached hydrogens (tertiary/aromatic N) is 1. The van der Waals surface area contributed by atoms with Gasteiger partial charge in [0.15, 0.2) is 0 Å². The number of nitrogens with one attached hydrogen (secondary N) is 1. The van der Waals surface area contributed by atoms with Crippen LogP contribution in [0.4, 0.5) is 0 Å². The lowest BCUT2D eigenvalue weighted by atomic mass is 10.2. The molecule has 1 aromatic carbocycles. The van der Waals surface area contributed by atoms with Gasteiger partial charge in [-0.2, -0.15) is 0 Å². The third-order valence-corrected chi connectivity index (χ3v) is 5.31. The fourth-order valence-electron chi connectivity index (χ4n) is 2.60. The molecule has 0 bridgehead atoms. The molecule has 1 aromatic rings. The maximum Gasteiger partial charge on any atom is 0.240 e. The molecule has 116 valence electrons. The van der Waals surface area contributed by atoms with Crippen molar-refractivity contribution in [1.82, 2.24) is 9.62 Å². The second-order valence-corrected chi connectivity index (χ2v) is 7.24. The van der Waals surface area contributed by atoms with Gasteiger partial charge in [0.25, 0.3) is 0 Å². The number of likely N-dealkylation sites (tertiary alicyclic amines) is 1. The Morgan fingerprint density at radius 2 is 2.05 bits per heavy atom. The highest BCUT2D eigenvalue weighted by atomic mass is 32.2. The molecule has 1 N–H and O–H groups in total. The van der Waals surface area contributed by atoms with Crippen molar-refractivity contribution < 1.29 is 13.2 Å². The summed E-state index contributed by atoms with van der Waals surface area (Å²) in [6, 6.07) is 5.29. The summed E-state index contributed by atoms with van der Waals surface area (Å²) in [6.45, 7) is 5.49. The van der Waals surface area contributed by atoms with Crippen LogP contribution in [-0.4, -0.2) is 38.9 Å². The summed E-state index contributed by atoms with van der Waals surface area (Å²) in [5.41, 5.74) is 1.79. The molecular weight excluding hydrogens is 288 g/mol. The second-order valence-electron chi connectivity index (χ2n) is 5.50. The SMILES string of the molecule is Cc1ccc(S(=O)(=O)NCCCN2CCCC2=O)c(C)c1. The monoisotopic (exact) mass is 310 g/mol. The predicted octanol–water partition coefficient (Wildman–Crippen LogP) is 1.59. The third kappa shape index (κ3) is 4.04. The van der Waals surface area contributed by atoms with Gasteiger partial charge < -0.3 is 4.90 Å². The van der Waals surface area contributed by atoms with Gasteiger partial charge in [-0.15, -0.1) is 0 Å². The van der Waals surface area contributed by atoms with Crippen LogP contribution in [0.15, 0.2) is 23.1 Å². The molecule has 1 heterocycles. The molecule has 0 unspecified atom stereocenters. The van der Waals surface area contributed by atoms with E-state index < -0.39 is 10.0 Å². The molecule has 1 aliphatic rings. The number of aryl methyl sites for hydroxylation is 2. The molecule has 1 aliphatic heterocycles. The molecule has 1 saturated heterocycles. The van der Waals surface area contributed by atoms with Gasteiger partial charge in [0.1, 0.15) is 0 Å². The standard InChI is InChI=1S/C15H22N2O3S/c1-12-6-7-14(13(2)11-12)21(19,20)16-8-4-10-17-9-3-5-15(17)18/h6-7,11,16H,3-5,8-10H2,1-2H3. The highest BCUT2D eigenvalue weighted by molar-refractivity contribution is 7.89. The average molecular weight is 310 g/mol. The number of hydrogen-bond donors (Lipinski definition) is 1. The van der Waals surface area contributed by atoms with E-state index in [1.54, 1.807) is 24.0 Å². The van der Waals surface area contributed by atoms with Crippen LogP contribution in [0, 0.1) is 13.8 Å². The van der Waals surface area contributed by atoms with Crippen molar-refractivity contribution in [2.45, 2.75) is 38.0 Å². The van der Waals surface area contributed by atoms with Gasteiger partial charge in [-0.25, -0.2) is 13.1 Å². The summed E-state index contributed by atoms with van der Waals surface area (Å²) in [5, 5.41) is 0. The Morgan fingerprint density at radius 3 is 2.67 bits per heavy atom. The summed E-state index contributed by atoms with van der Waals surface area (Å²) in [4.78, 5) is 13.6. The van der Waals surface area contributed by atoms with Crippen LogP contribution in [0.25, 0.3) is 0 Å². The number of carbonyl (C=O) groups excluding carboxylic acids is 1. The Bertz CT molecular complexity index is 626. The smallest absolute Gasteiger partial charge is 0.240 e. The zero-order valence-electron chi connectivity index (χ0n) is 12.6. The zero-order chi connectivity index (χ0) is 15.5. The van der Waals surface area contributed by atoms with E-state index in [1.165, 1.54) is 0 Å². The van der Waals surface area contributed by atoms with E-state index in [0.717, 1.165) is 24.1 Å². The van der Waals surface area contributed by atoms with E-state index >= 15 is 0 Å². The first-order valence-corrected chi connectivity index (χ1v) is 8.73. The Balaban J connectivity index is 1.88. The van der Waals surface area contributed by atoms with Crippen molar-refractivity contribution in [3.8, 4) is 0 Å². The molecule has 5 nitrogen and oxygen atoms in total. The molecule has 0 spiro atoms. The fourth-order valence-corrected chi connectivity index (χ4v) is 3.89. The maximum atomic E-state index is 12.2. The Labute approximate surface area is 126 Å². The first-order valence-electron chi connectivity index (χ1n) is 7.25. The van der Waals surface area contributed by atoms with E-state index in [1.807, 2.05) is 13.0 Å². The van der Waals surface area contributed by atoms with Crippen LogP contribution in [0.3, 0.4) is 0 Å². The first-order chi connectivity index (χ1) is 9.90. The van der Waals surface area contributed by atoms with E-state index in [2.05, 4.69) is 4.72 Å². The maximum absolute atomic E-state index is 12.2. The highest BCUT2D eigenvalue weighted by Crippen LogP contribution is 2.16. The number of sulfonamides is 1. The Morgan fingerprint density at radius 1 is 1.29 bits per heavy atom. The Hall–Kier alpha value is -1.40. The fraction of sp³-hybridized carbons (Fsp3) is 0.533. The lowest BCUT2D eigenvalue weighted by Crippen LogP contribution is -2.31. The summed E-state index contributed by atoms with van der Waals surface area (Å²) in [7, 11) is -3.47. The normalized spacial score (nSPS) is 15.7. The summed E-state index contributed by atoms with van der Waals surface area (Å²) < 4.78 is 27.1. The van der Waals surface area contributed by atoms with Crippen molar-refractivity contribution in [2.24, 2.45) is 0 Å². The van der Waals surface area contributed by atoms with Crippen molar-refractivity contribution in [3.05, 3.63) is 29.3 Å². The molecule has 0 aromatic heterocycles. The number of rotatable bonds is 6. The second kappa shape index (κ2) is 6.58. The minimum Gasteiger partial charge on any atom is -0.343 e. The van der Waals surface area contributed by atoms with Gasteiger partial charge >= 0.3 is 0 Å². The van der Waals surface area contributed by atoms with Gasteiger partial charge in [-0.05, 0) is 38.3 Å². The van der Waals surface area contributed by atoms with E-state index in [0.29, 0.717) is 30.8 Å². The van der Waals surface area contributed by atoms with E-state index in [9.17, 15) is 13.2 Å². The average Bonchev–Trinajstić information content (AvgIpc) is 2.80. The number of hydrogen-bond acceptors (Lipinski definition) is 3. The van der Waals surface area contributed by atoms with Crippen LogP contribution in [-0.2, 0) is 14.8 Å². The molecule has 0 aliphatic carbocycles. The third-order valence-electron chi connectivity index (χ3n) is 3.69. The number of amides is 1. The van der Waals surface area contributed by atoms with Crippen LogP contribution in [0.5, 0.6) is 0 Å². The summed E-state index contributed by atoms with van der Waals surface area (Å²) >= 11 is 0. The van der Waals surface area contributed by atoms with Crippen molar-refractivity contribution in [2.75, 3.05) is 19.6 Å². The predicted molar refractivity (Wildman–Crippen MR) is 81.5 cm³/mol. The largest absolute Gasteiger partial charge is 0.343 e. The lowest BCUT2D eigenvalue weighted by Gasteiger charge is -2.15.